The summed E-state index contributed by atoms with van der Waals surface area (Å²) in [6.07, 6.45) is 4.24. The Kier molecular flexibility index (Phi) is 8.32. The van der Waals surface area contributed by atoms with Crippen LogP contribution in [0, 0.1) is 6.92 Å². The molecular weight excluding hydrogens is 452 g/mol. The van der Waals surface area contributed by atoms with Crippen molar-refractivity contribution < 1.29 is 4.79 Å². The van der Waals surface area contributed by atoms with Crippen LogP contribution in [0.25, 0.3) is 0 Å². The minimum absolute atomic E-state index is 0.0292. The Bertz CT molecular complexity index is 1000. The van der Waals surface area contributed by atoms with Gasteiger partial charge >= 0.3 is 0 Å². The smallest absolute Gasteiger partial charge is 0.261 e. The number of hydrogen-bond donors (Lipinski definition) is 1. The molecule has 2 rings (SSSR count). The molecule has 0 saturated heterocycles. The Morgan fingerprint density at radius 2 is 1.65 bits per heavy atom. The van der Waals surface area contributed by atoms with Gasteiger partial charge in [0.15, 0.2) is 0 Å². The highest BCUT2D eigenvalue weighted by Gasteiger charge is 2.24. The van der Waals surface area contributed by atoms with Crippen molar-refractivity contribution in [3.8, 4) is 0 Å². The lowest BCUT2D eigenvalue weighted by Crippen LogP contribution is -2.29. The van der Waals surface area contributed by atoms with Crippen LogP contribution >= 0.6 is 15.9 Å². The Balaban J connectivity index is 2.64. The summed E-state index contributed by atoms with van der Waals surface area (Å²) in [6.45, 7) is 14.8. The molecule has 170 valence electrons. The first-order chi connectivity index (χ1) is 14.5. The van der Waals surface area contributed by atoms with Crippen molar-refractivity contribution in [2.45, 2.75) is 86.0 Å². The van der Waals surface area contributed by atoms with Crippen LogP contribution in [0.4, 0.5) is 5.69 Å². The standard InChI is InChI=1S/C26H37BrN2O2/c1-9-12-13-20-21(24(30)22(27)16(4)29(20)8)25(31)28-23-17(10-2)14-19(26(5,6)7)15-18(23)11-3/h14-15H,9-13H2,1-8H3,(H,28,31). The number of halogens is 1. The van der Waals surface area contributed by atoms with Crippen LogP contribution in [0.2, 0.25) is 0 Å². The molecule has 1 aromatic carbocycles. The van der Waals surface area contributed by atoms with Gasteiger partial charge in [-0.15, -0.1) is 0 Å². The number of pyridine rings is 1. The average Bonchev–Trinajstić information content (AvgIpc) is 2.72. The Morgan fingerprint density at radius 3 is 2.10 bits per heavy atom. The molecule has 0 unspecified atom stereocenters. The van der Waals surface area contributed by atoms with Crippen molar-refractivity contribution >= 4 is 27.5 Å². The maximum Gasteiger partial charge on any atom is 0.261 e. The van der Waals surface area contributed by atoms with Gasteiger partial charge in [0.25, 0.3) is 5.91 Å². The van der Waals surface area contributed by atoms with Crippen molar-refractivity contribution in [1.29, 1.82) is 0 Å². The topological polar surface area (TPSA) is 51.1 Å². The van der Waals surface area contributed by atoms with Gasteiger partial charge in [-0.05, 0) is 70.6 Å². The molecule has 0 atom stereocenters. The van der Waals surface area contributed by atoms with Crippen LogP contribution < -0.4 is 10.7 Å². The first-order valence-electron chi connectivity index (χ1n) is 11.3. The quantitative estimate of drug-likeness (QED) is 0.485. The fraction of sp³-hybridized carbons (Fsp3) is 0.538. The molecule has 4 nitrogen and oxygen atoms in total. The second-order valence-electron chi connectivity index (χ2n) is 9.29. The second kappa shape index (κ2) is 10.2. The number of carbonyl (C=O) groups is 1. The Morgan fingerprint density at radius 1 is 1.10 bits per heavy atom. The average molecular weight is 489 g/mol. The normalized spacial score (nSPS) is 11.6. The van der Waals surface area contributed by atoms with Crippen LogP contribution in [0.15, 0.2) is 21.4 Å². The molecule has 0 bridgehead atoms. The third-order valence-electron chi connectivity index (χ3n) is 6.10. The van der Waals surface area contributed by atoms with Crippen LogP contribution in [-0.4, -0.2) is 10.5 Å². The van der Waals surface area contributed by atoms with Gasteiger partial charge in [-0.1, -0.05) is 60.1 Å². The minimum Gasteiger partial charge on any atom is -0.350 e. The van der Waals surface area contributed by atoms with Crippen LogP contribution in [0.3, 0.4) is 0 Å². The van der Waals surface area contributed by atoms with Crippen molar-refractivity contribution in [3.63, 3.8) is 0 Å². The molecule has 0 aliphatic carbocycles. The SMILES string of the molecule is CCCCc1c(C(=O)Nc2c(CC)cc(C(C)(C)C)cc2CC)c(=O)c(Br)c(C)n1C. The number of carbonyl (C=O) groups excluding carboxylic acids is 1. The van der Waals surface area contributed by atoms with Crippen LogP contribution in [0.1, 0.15) is 92.8 Å². The van der Waals surface area contributed by atoms with Crippen LogP contribution in [-0.2, 0) is 31.7 Å². The largest absolute Gasteiger partial charge is 0.350 e. The monoisotopic (exact) mass is 488 g/mol. The lowest BCUT2D eigenvalue weighted by atomic mass is 9.83. The number of rotatable bonds is 7. The van der Waals surface area contributed by atoms with E-state index in [9.17, 15) is 9.59 Å². The number of anilines is 1. The summed E-state index contributed by atoms with van der Waals surface area (Å²) in [4.78, 5) is 26.6. The number of aryl methyl sites for hydroxylation is 2. The van der Waals surface area contributed by atoms with E-state index in [4.69, 9.17) is 0 Å². The summed E-state index contributed by atoms with van der Waals surface area (Å²) in [6, 6.07) is 4.38. The molecule has 2 aromatic rings. The molecule has 0 aliphatic rings. The zero-order chi connectivity index (χ0) is 23.5. The van der Waals surface area contributed by atoms with E-state index in [0.29, 0.717) is 10.9 Å². The van der Waals surface area contributed by atoms with E-state index in [1.807, 2.05) is 18.5 Å². The van der Waals surface area contributed by atoms with E-state index in [1.165, 1.54) is 5.56 Å². The van der Waals surface area contributed by atoms with E-state index in [2.05, 4.69) is 74.9 Å². The van der Waals surface area contributed by atoms with Gasteiger partial charge in [0.2, 0.25) is 5.43 Å². The third-order valence-corrected chi connectivity index (χ3v) is 7.04. The summed E-state index contributed by atoms with van der Waals surface area (Å²) < 4.78 is 2.43. The van der Waals surface area contributed by atoms with E-state index in [-0.39, 0.29) is 22.3 Å². The van der Waals surface area contributed by atoms with Gasteiger partial charge in [-0.25, -0.2) is 0 Å². The van der Waals surface area contributed by atoms with Crippen molar-refractivity contribution in [2.75, 3.05) is 5.32 Å². The van der Waals surface area contributed by atoms with E-state index >= 15 is 0 Å². The molecule has 0 radical (unpaired) electrons. The molecule has 0 saturated carbocycles. The van der Waals surface area contributed by atoms with Gasteiger partial charge in [0, 0.05) is 24.1 Å². The zero-order valence-corrected chi connectivity index (χ0v) is 21.9. The van der Waals surface area contributed by atoms with Gasteiger partial charge in [-0.2, -0.15) is 0 Å². The van der Waals surface area contributed by atoms with E-state index in [0.717, 1.165) is 53.9 Å². The summed E-state index contributed by atoms with van der Waals surface area (Å²) >= 11 is 3.41. The summed E-state index contributed by atoms with van der Waals surface area (Å²) in [7, 11) is 1.92. The Hall–Kier alpha value is -1.88. The van der Waals surface area contributed by atoms with Gasteiger partial charge in [0.05, 0.1) is 4.47 Å². The van der Waals surface area contributed by atoms with Gasteiger partial charge in [0.1, 0.15) is 5.56 Å². The zero-order valence-electron chi connectivity index (χ0n) is 20.3. The molecule has 0 aliphatic heterocycles. The Labute approximate surface area is 195 Å². The van der Waals surface area contributed by atoms with Crippen molar-refractivity contribution in [1.82, 2.24) is 4.57 Å². The lowest BCUT2D eigenvalue weighted by Gasteiger charge is -2.24. The number of amides is 1. The van der Waals surface area contributed by atoms with E-state index in [1.54, 1.807) is 0 Å². The molecule has 1 aromatic heterocycles. The van der Waals surface area contributed by atoms with Gasteiger partial charge in [-0.3, -0.25) is 9.59 Å². The third kappa shape index (κ3) is 5.31. The lowest BCUT2D eigenvalue weighted by molar-refractivity contribution is 0.102. The summed E-state index contributed by atoms with van der Waals surface area (Å²) in [5.41, 5.74) is 6.00. The van der Waals surface area contributed by atoms with Crippen LogP contribution in [0.5, 0.6) is 0 Å². The minimum atomic E-state index is -0.319. The molecule has 1 amide bonds. The summed E-state index contributed by atoms with van der Waals surface area (Å²) in [5, 5.41) is 3.13. The fourth-order valence-electron chi connectivity index (χ4n) is 3.89. The highest BCUT2D eigenvalue weighted by Crippen LogP contribution is 2.32. The number of unbranched alkanes of at least 4 members (excludes halogenated alkanes) is 1. The summed E-state index contributed by atoms with van der Waals surface area (Å²) in [5.74, 6) is -0.319. The molecular formula is C26H37BrN2O2. The first-order valence-corrected chi connectivity index (χ1v) is 12.1. The van der Waals surface area contributed by atoms with Gasteiger partial charge < -0.3 is 9.88 Å². The number of hydrogen-bond acceptors (Lipinski definition) is 2. The fourth-order valence-corrected chi connectivity index (χ4v) is 4.35. The highest BCUT2D eigenvalue weighted by molar-refractivity contribution is 9.10. The molecule has 31 heavy (non-hydrogen) atoms. The highest BCUT2D eigenvalue weighted by atomic mass is 79.9. The molecule has 0 spiro atoms. The predicted molar refractivity (Wildman–Crippen MR) is 135 cm³/mol. The predicted octanol–water partition coefficient (Wildman–Crippen LogP) is 6.47. The number of aromatic nitrogens is 1. The maximum atomic E-state index is 13.5. The number of nitrogens with one attached hydrogen (secondary N) is 1. The maximum absolute atomic E-state index is 13.5. The molecule has 1 N–H and O–H groups in total. The molecule has 5 heteroatoms. The molecule has 1 heterocycles. The molecule has 0 fully saturated rings. The van der Waals surface area contributed by atoms with E-state index < -0.39 is 0 Å². The number of nitrogens with zero attached hydrogens (tertiary/aromatic N) is 1. The number of benzene rings is 1. The second-order valence-corrected chi connectivity index (χ2v) is 10.1. The first kappa shape index (κ1) is 25.4. The van der Waals surface area contributed by atoms with Crippen molar-refractivity contribution in [2.24, 2.45) is 7.05 Å². The van der Waals surface area contributed by atoms with Crippen molar-refractivity contribution in [3.05, 3.63) is 60.5 Å².